The molecular formula is C21H24F3N5O3. The van der Waals surface area contributed by atoms with E-state index in [0.29, 0.717) is 48.0 Å². The summed E-state index contributed by atoms with van der Waals surface area (Å²) < 4.78 is 50.6. The van der Waals surface area contributed by atoms with E-state index >= 15 is 0 Å². The van der Waals surface area contributed by atoms with Crippen molar-refractivity contribution in [2.75, 3.05) is 13.7 Å². The van der Waals surface area contributed by atoms with Crippen LogP contribution in [0.25, 0.3) is 5.78 Å². The van der Waals surface area contributed by atoms with Crippen molar-refractivity contribution in [2.24, 2.45) is 0 Å². The van der Waals surface area contributed by atoms with E-state index in [1.165, 1.54) is 0 Å². The van der Waals surface area contributed by atoms with E-state index in [1.54, 1.807) is 33.1 Å². The van der Waals surface area contributed by atoms with E-state index in [0.717, 1.165) is 10.1 Å². The second-order valence-corrected chi connectivity index (χ2v) is 7.10. The van der Waals surface area contributed by atoms with Crippen LogP contribution in [-0.2, 0) is 23.9 Å². The predicted molar refractivity (Wildman–Crippen MR) is 110 cm³/mol. The topological polar surface area (TPSA) is 90.6 Å². The molecule has 3 rings (SSSR count). The molecule has 172 valence electrons. The molecule has 11 heteroatoms. The van der Waals surface area contributed by atoms with Gasteiger partial charge in [-0.05, 0) is 50.5 Å². The smallest absolute Gasteiger partial charge is 0.453 e. The van der Waals surface area contributed by atoms with E-state index in [2.05, 4.69) is 20.4 Å². The van der Waals surface area contributed by atoms with Crippen molar-refractivity contribution >= 4 is 11.7 Å². The first-order chi connectivity index (χ1) is 15.1. The zero-order chi connectivity index (χ0) is 23.5. The Morgan fingerprint density at radius 1 is 1.19 bits per heavy atom. The fourth-order valence-corrected chi connectivity index (χ4v) is 3.31. The number of ether oxygens (including phenoxy) is 2. The van der Waals surface area contributed by atoms with Crippen LogP contribution in [0.1, 0.15) is 41.7 Å². The summed E-state index contributed by atoms with van der Waals surface area (Å²) in [4.78, 5) is 19.9. The van der Waals surface area contributed by atoms with Crippen molar-refractivity contribution in [1.29, 1.82) is 0 Å². The molecule has 0 saturated carbocycles. The van der Waals surface area contributed by atoms with Crippen LogP contribution in [-0.4, -0.2) is 39.2 Å². The summed E-state index contributed by atoms with van der Waals surface area (Å²) in [5, 5.41) is 6.35. The zero-order valence-electron chi connectivity index (χ0n) is 18.2. The van der Waals surface area contributed by atoms with Crippen molar-refractivity contribution in [3.63, 3.8) is 0 Å². The first-order valence-electron chi connectivity index (χ1n) is 10.0. The molecule has 32 heavy (non-hydrogen) atoms. The summed E-state index contributed by atoms with van der Waals surface area (Å²) in [5.74, 6) is -0.361. The maximum atomic E-state index is 12.9. The van der Waals surface area contributed by atoms with Crippen LogP contribution in [0.3, 0.4) is 0 Å². The number of benzene rings is 1. The molecule has 2 aromatic heterocycles. The molecule has 0 aliphatic heterocycles. The predicted octanol–water partition coefficient (Wildman–Crippen LogP) is 3.42. The lowest BCUT2D eigenvalue weighted by Gasteiger charge is -2.12. The number of nitrogens with zero attached hydrogens (tertiary/aromatic N) is 4. The number of hydrogen-bond acceptors (Lipinski definition) is 6. The highest BCUT2D eigenvalue weighted by Crippen LogP contribution is 2.28. The molecular weight excluding hydrogens is 427 g/mol. The van der Waals surface area contributed by atoms with Gasteiger partial charge in [-0.3, -0.25) is 4.79 Å². The van der Waals surface area contributed by atoms with Gasteiger partial charge < -0.3 is 14.8 Å². The molecule has 1 amide bonds. The maximum absolute atomic E-state index is 12.9. The standard InChI is InChI=1S/C21H24F3N5O3/c1-5-32-16-8-6-14(10-17(16)31-4)11-25-18(30)9-7-15-12(2)26-20-27-19(21(22,23)24)28-29(20)13(15)3/h6,8,10H,5,7,9,11H2,1-4H3,(H,25,30). The molecule has 0 unspecified atom stereocenters. The number of carbonyl (C=O) groups excluding carboxylic acids is 1. The number of alkyl halides is 3. The molecule has 0 aliphatic carbocycles. The summed E-state index contributed by atoms with van der Waals surface area (Å²) >= 11 is 0. The van der Waals surface area contributed by atoms with Gasteiger partial charge in [0.05, 0.1) is 13.7 Å². The van der Waals surface area contributed by atoms with Gasteiger partial charge in [0, 0.05) is 24.4 Å². The van der Waals surface area contributed by atoms with Gasteiger partial charge in [-0.2, -0.15) is 18.2 Å². The Morgan fingerprint density at radius 3 is 2.59 bits per heavy atom. The van der Waals surface area contributed by atoms with Crippen LogP contribution in [0.15, 0.2) is 18.2 Å². The summed E-state index contributed by atoms with van der Waals surface area (Å²) in [5.41, 5.74) is 2.49. The number of nitrogens with one attached hydrogen (secondary N) is 1. The third-order valence-electron chi connectivity index (χ3n) is 4.92. The zero-order valence-corrected chi connectivity index (χ0v) is 18.2. The summed E-state index contributed by atoms with van der Waals surface area (Å²) in [6.07, 6.45) is -4.21. The Labute approximate surface area is 182 Å². The summed E-state index contributed by atoms with van der Waals surface area (Å²) in [7, 11) is 1.54. The number of carbonyl (C=O) groups is 1. The Morgan fingerprint density at radius 2 is 1.94 bits per heavy atom. The van der Waals surface area contributed by atoms with Gasteiger partial charge in [-0.15, -0.1) is 5.10 Å². The van der Waals surface area contributed by atoms with Crippen LogP contribution in [0.2, 0.25) is 0 Å². The average Bonchev–Trinajstić information content (AvgIpc) is 3.17. The lowest BCUT2D eigenvalue weighted by molar-refractivity contribution is -0.144. The number of aryl methyl sites for hydroxylation is 2. The second-order valence-electron chi connectivity index (χ2n) is 7.10. The molecule has 0 aliphatic rings. The minimum atomic E-state index is -4.66. The monoisotopic (exact) mass is 451 g/mol. The molecule has 1 aromatic carbocycles. The lowest BCUT2D eigenvalue weighted by Crippen LogP contribution is -2.23. The number of fused-ring (bicyclic) bond motifs is 1. The first-order valence-corrected chi connectivity index (χ1v) is 10.0. The van der Waals surface area contributed by atoms with Crippen molar-refractivity contribution in [3.8, 4) is 11.5 Å². The number of rotatable bonds is 8. The quantitative estimate of drug-likeness (QED) is 0.565. The van der Waals surface area contributed by atoms with Gasteiger partial charge in [-0.1, -0.05) is 6.07 Å². The van der Waals surface area contributed by atoms with Gasteiger partial charge in [0.15, 0.2) is 11.5 Å². The molecule has 1 N–H and O–H groups in total. The molecule has 0 saturated heterocycles. The normalized spacial score (nSPS) is 11.6. The van der Waals surface area contributed by atoms with E-state index in [4.69, 9.17) is 9.47 Å². The van der Waals surface area contributed by atoms with Crippen molar-refractivity contribution < 1.29 is 27.4 Å². The van der Waals surface area contributed by atoms with Crippen LogP contribution in [0.4, 0.5) is 13.2 Å². The lowest BCUT2D eigenvalue weighted by atomic mass is 10.1. The molecule has 0 radical (unpaired) electrons. The fraction of sp³-hybridized carbons (Fsp3) is 0.429. The molecule has 0 atom stereocenters. The number of halogens is 3. The van der Waals surface area contributed by atoms with Gasteiger partial charge in [0.1, 0.15) is 0 Å². The number of aromatic nitrogens is 4. The SMILES string of the molecule is CCOc1ccc(CNC(=O)CCc2c(C)nc3nc(C(F)(F)F)nn3c2C)cc1OC. The Kier molecular flexibility index (Phi) is 6.85. The van der Waals surface area contributed by atoms with E-state index in [-0.39, 0.29) is 18.1 Å². The molecule has 8 nitrogen and oxygen atoms in total. The van der Waals surface area contributed by atoms with E-state index in [1.807, 2.05) is 13.0 Å². The first kappa shape index (κ1) is 23.3. The van der Waals surface area contributed by atoms with Gasteiger partial charge in [0.2, 0.25) is 5.91 Å². The highest BCUT2D eigenvalue weighted by atomic mass is 19.4. The van der Waals surface area contributed by atoms with Gasteiger partial charge in [-0.25, -0.2) is 9.50 Å². The van der Waals surface area contributed by atoms with Gasteiger partial charge >= 0.3 is 6.18 Å². The molecule has 0 spiro atoms. The third kappa shape index (κ3) is 5.09. The highest BCUT2D eigenvalue weighted by molar-refractivity contribution is 5.76. The number of amides is 1. The third-order valence-corrected chi connectivity index (χ3v) is 4.92. The number of methoxy groups -OCH3 is 1. The summed E-state index contributed by atoms with van der Waals surface area (Å²) in [6.45, 7) is 6.00. The largest absolute Gasteiger partial charge is 0.493 e. The Balaban J connectivity index is 1.66. The summed E-state index contributed by atoms with van der Waals surface area (Å²) in [6, 6.07) is 5.41. The van der Waals surface area contributed by atoms with Crippen LogP contribution < -0.4 is 14.8 Å². The maximum Gasteiger partial charge on any atom is 0.453 e. The Bertz CT molecular complexity index is 1130. The van der Waals surface area contributed by atoms with E-state index < -0.39 is 12.0 Å². The molecule has 0 fully saturated rings. The molecule has 0 bridgehead atoms. The van der Waals surface area contributed by atoms with Crippen LogP contribution in [0.5, 0.6) is 11.5 Å². The van der Waals surface area contributed by atoms with E-state index in [9.17, 15) is 18.0 Å². The molecule has 3 aromatic rings. The van der Waals surface area contributed by atoms with Crippen LogP contribution in [0, 0.1) is 13.8 Å². The fourth-order valence-electron chi connectivity index (χ4n) is 3.31. The second kappa shape index (κ2) is 9.41. The number of hydrogen-bond donors (Lipinski definition) is 1. The molecule has 2 heterocycles. The highest BCUT2D eigenvalue weighted by Gasteiger charge is 2.37. The Hall–Kier alpha value is -3.37. The van der Waals surface area contributed by atoms with Crippen LogP contribution >= 0.6 is 0 Å². The van der Waals surface area contributed by atoms with Crippen molar-refractivity contribution in [2.45, 2.75) is 46.3 Å². The van der Waals surface area contributed by atoms with Gasteiger partial charge in [0.25, 0.3) is 11.6 Å². The minimum absolute atomic E-state index is 0.120. The van der Waals surface area contributed by atoms with Crippen molar-refractivity contribution in [1.82, 2.24) is 24.9 Å². The minimum Gasteiger partial charge on any atom is -0.493 e. The van der Waals surface area contributed by atoms with Crippen molar-refractivity contribution in [3.05, 3.63) is 46.5 Å². The average molecular weight is 451 g/mol.